The van der Waals surface area contributed by atoms with Gasteiger partial charge in [-0.05, 0) is 219 Å². The molecule has 22 rings (SSSR count). The van der Waals surface area contributed by atoms with Crippen LogP contribution in [0.15, 0.2) is 218 Å². The number of aromatic amines is 4. The van der Waals surface area contributed by atoms with E-state index in [1.165, 1.54) is 27.7 Å². The van der Waals surface area contributed by atoms with Crippen LogP contribution in [0.5, 0.6) is 92.0 Å². The van der Waals surface area contributed by atoms with Crippen molar-refractivity contribution < 1.29 is 105 Å². The van der Waals surface area contributed by atoms with Crippen LogP contribution in [0, 0.1) is 0 Å². The second-order valence-electron chi connectivity index (χ2n) is 34.2. The highest BCUT2D eigenvalue weighted by Crippen LogP contribution is 2.55. The van der Waals surface area contributed by atoms with Gasteiger partial charge < -0.3 is 105 Å². The summed E-state index contributed by atoms with van der Waals surface area (Å²) in [5.41, 5.74) is 14.9. The van der Waals surface area contributed by atoms with Crippen molar-refractivity contribution in [3.05, 3.63) is 328 Å². The Balaban J connectivity index is 0.000000166. The molecule has 0 amide bonds. The second kappa shape index (κ2) is 40.4. The average Bonchev–Trinajstić information content (AvgIpc) is 1.60. The summed E-state index contributed by atoms with van der Waals surface area (Å²) in [6.45, 7) is 6.10. The first-order valence-corrected chi connectivity index (χ1v) is 46.7. The molecule has 12 aromatic carbocycles. The van der Waals surface area contributed by atoms with Gasteiger partial charge in [-0.15, -0.1) is 0 Å². The summed E-state index contributed by atoms with van der Waals surface area (Å²) in [4.78, 5) is 91.7. The Bertz CT molecular complexity index is 6650. The van der Waals surface area contributed by atoms with Crippen molar-refractivity contribution in [3.63, 3.8) is 0 Å². The van der Waals surface area contributed by atoms with Crippen molar-refractivity contribution in [2.75, 3.05) is 55.6 Å². The average molecular weight is 1960 g/mol. The summed E-state index contributed by atoms with van der Waals surface area (Å²) >= 11 is 28.2. The minimum absolute atomic E-state index is 0.00216. The van der Waals surface area contributed by atoms with Crippen LogP contribution in [0.25, 0.3) is 43.6 Å². The fourth-order valence-corrected chi connectivity index (χ4v) is 20.1. The van der Waals surface area contributed by atoms with Crippen LogP contribution in [0.2, 0.25) is 20.1 Å². The van der Waals surface area contributed by atoms with E-state index in [9.17, 15) is 28.8 Å². The molecule has 4 aromatic heterocycles. The van der Waals surface area contributed by atoms with Gasteiger partial charge in [-0.3, -0.25) is 19.2 Å². The lowest BCUT2D eigenvalue weighted by Gasteiger charge is -2.24. The Labute approximate surface area is 823 Å². The van der Waals surface area contributed by atoms with Crippen molar-refractivity contribution in [1.82, 2.24) is 19.9 Å². The Morgan fingerprint density at radius 3 is 0.636 bits per heavy atom. The molecule has 0 radical (unpaired) electrons. The maximum Gasteiger partial charge on any atom is 0.311 e. The van der Waals surface area contributed by atoms with Gasteiger partial charge in [0.05, 0.1) is 97.9 Å². The predicted molar refractivity (Wildman–Crippen MR) is 528 cm³/mol. The van der Waals surface area contributed by atoms with Gasteiger partial charge in [-0.2, -0.15) is 0 Å². The quantitative estimate of drug-likeness (QED) is 0.0811. The number of ketones is 2. The molecule has 0 spiro atoms. The summed E-state index contributed by atoms with van der Waals surface area (Å²) in [6.07, 6.45) is 0.700. The van der Waals surface area contributed by atoms with E-state index in [-0.39, 0.29) is 113 Å². The van der Waals surface area contributed by atoms with E-state index in [1.54, 1.807) is 52.7 Å². The van der Waals surface area contributed by atoms with Crippen LogP contribution >= 0.6 is 46.4 Å². The Morgan fingerprint density at radius 2 is 0.450 bits per heavy atom. The maximum atomic E-state index is 14.6. The minimum atomic E-state index is -0.605. The van der Waals surface area contributed by atoms with E-state index in [0.29, 0.717) is 111 Å². The number of fused-ring (bicyclic) bond motifs is 20. The van der Waals surface area contributed by atoms with E-state index in [2.05, 4.69) is 19.9 Å². The zero-order valence-electron chi connectivity index (χ0n) is 77.1. The van der Waals surface area contributed by atoms with Gasteiger partial charge in [0.15, 0.2) is 46.0 Å². The van der Waals surface area contributed by atoms with Gasteiger partial charge in [0.25, 0.3) is 0 Å². The van der Waals surface area contributed by atoms with Crippen molar-refractivity contribution in [2.24, 2.45) is 0 Å². The van der Waals surface area contributed by atoms with E-state index in [0.717, 1.165) is 111 Å². The lowest BCUT2D eigenvalue weighted by atomic mass is 9.84. The number of nitrogens with one attached hydrogen (secondary N) is 4. The zero-order chi connectivity index (χ0) is 97.3. The molecule has 0 unspecified atom stereocenters. The number of hydrogen-bond acceptors (Lipinski definition) is 22. The topological polar surface area (TPSA) is 313 Å². The highest BCUT2D eigenvalue weighted by atomic mass is 35.5. The third-order valence-electron chi connectivity index (χ3n) is 25.1. The smallest absolute Gasteiger partial charge is 0.311 e. The first-order valence-electron chi connectivity index (χ1n) is 45.2. The van der Waals surface area contributed by atoms with Crippen LogP contribution in [0.1, 0.15) is 167 Å². The molecule has 30 heteroatoms. The number of aryl methyl sites for hydroxylation is 4. The number of H-pyrrole nitrogens is 4. The SMILES string of the molecule is CC(C)=O.CC(C)=O.COc1ccc([C@H]2c3cc4c(cc3OC(=O)CCc3c([nH]c5cccc(Cl)c35)[C@@H](c3ccc(OC)cc3)c3cc5c(cc3OC(=O)CCc3c2[nH]c2cccc(Cl)c32)OCO5)OCO4)cc1.COc1ccc([C@H]2c3cc4c(cc3OC(=O)CCc3c([nH]c5cccc(Cl)c35)[C@@H](c3ccc(OC)cc3)c3cc5c(cc3OC(=O)CCc3c2[nH]c2cccc(Cl)c32)OCO5)OCO4)cc1. The molecule has 6 aliphatic rings. The minimum Gasteiger partial charge on any atom is -0.497 e. The molecule has 140 heavy (non-hydrogen) atoms. The molecule has 712 valence electrons. The highest BCUT2D eigenvalue weighted by Gasteiger charge is 2.39. The van der Waals surface area contributed by atoms with Gasteiger partial charge in [-0.25, -0.2) is 0 Å². The first kappa shape index (κ1) is 93.8. The molecular weight excluding hydrogens is 1870 g/mol. The zero-order valence-corrected chi connectivity index (χ0v) is 80.1. The number of carbonyl (C=O) groups excluding carboxylic acids is 6. The molecule has 4 atom stereocenters. The maximum absolute atomic E-state index is 14.6. The molecular formula is C110H92Cl4N4O22. The van der Waals surface area contributed by atoms with Crippen molar-refractivity contribution in [1.29, 1.82) is 0 Å². The van der Waals surface area contributed by atoms with E-state index < -0.39 is 47.5 Å². The second-order valence-corrected chi connectivity index (χ2v) is 35.9. The molecule has 0 saturated carbocycles. The highest BCUT2D eigenvalue weighted by molar-refractivity contribution is 6.37. The lowest BCUT2D eigenvalue weighted by Crippen LogP contribution is -2.16. The summed E-state index contributed by atoms with van der Waals surface area (Å²) < 4.78 is 95.3. The summed E-state index contributed by atoms with van der Waals surface area (Å²) in [5, 5.41) is 5.01. The van der Waals surface area contributed by atoms with Gasteiger partial charge in [0, 0.05) is 113 Å². The van der Waals surface area contributed by atoms with Crippen molar-refractivity contribution >= 4 is 125 Å². The molecule has 16 aromatic rings. The van der Waals surface area contributed by atoms with E-state index >= 15 is 0 Å². The number of esters is 4. The van der Waals surface area contributed by atoms with E-state index in [4.69, 9.17) is 122 Å². The number of methoxy groups -OCH3 is 4. The van der Waals surface area contributed by atoms with Crippen LogP contribution in [-0.4, -0.2) is 111 Å². The molecule has 10 heterocycles. The van der Waals surface area contributed by atoms with Crippen LogP contribution < -0.4 is 75.8 Å². The van der Waals surface area contributed by atoms with Crippen LogP contribution in [0.3, 0.4) is 0 Å². The summed E-state index contributed by atoms with van der Waals surface area (Å²) in [5.74, 6) is 3.42. The molecule has 0 saturated heterocycles. The number of Topliss-reactive ketones (excluding diaryl/α,β-unsaturated/α-hetero) is 2. The predicted octanol–water partition coefficient (Wildman–Crippen LogP) is 23.6. The molecule has 0 fully saturated rings. The van der Waals surface area contributed by atoms with Crippen molar-refractivity contribution in [3.8, 4) is 92.0 Å². The molecule has 6 aliphatic heterocycles. The number of halogens is 4. The van der Waals surface area contributed by atoms with Gasteiger partial charge in [-0.1, -0.05) is 119 Å². The van der Waals surface area contributed by atoms with Gasteiger partial charge in [0.2, 0.25) is 27.2 Å². The third-order valence-corrected chi connectivity index (χ3v) is 26.3. The fourth-order valence-electron chi connectivity index (χ4n) is 19.0. The number of aromatic nitrogens is 4. The molecule has 26 nitrogen and oxygen atoms in total. The number of hydrogen-bond donors (Lipinski definition) is 4. The van der Waals surface area contributed by atoms with Gasteiger partial charge >= 0.3 is 23.9 Å². The lowest BCUT2D eigenvalue weighted by molar-refractivity contribution is -0.135. The number of carbonyl (C=O) groups is 6. The standard InChI is InChI=1S/2C52H40Cl2N2O10.2C3H6O/c2*1-59-29-13-9-27(10-14-29)47-33-21-41-43(63-25-61-41)23-39(33)65-45(57)20-18-32-50-36(54)6-4-8-38(50)56-52(32)48(28-11-15-30(60-2)16-12-28)34-22-42-44(64-26-62-42)24-40(34)66-46(58)19-17-31-49-35(53)5-3-7-37(49)55-51(31)47;2*1-3(2)4/h2*3-16,21-24,47-48,55-56H,17-20,25-26H2,1-2H3;2*1-2H3/t2*47-,48-;;/m00../s1. The molecule has 0 aliphatic carbocycles. The largest absolute Gasteiger partial charge is 0.497 e. The summed E-state index contributed by atoms with van der Waals surface area (Å²) in [7, 11) is 6.43. The number of rotatable bonds is 8. The Morgan fingerprint density at radius 1 is 0.264 bits per heavy atom. The third kappa shape index (κ3) is 19.1. The Hall–Kier alpha value is -15.2. The summed E-state index contributed by atoms with van der Waals surface area (Å²) in [6, 6.07) is 67.4. The molecule has 0 bridgehead atoms. The monoisotopic (exact) mass is 1960 g/mol. The fraction of sp³-hybridized carbons (Fsp3) is 0.218. The van der Waals surface area contributed by atoms with Crippen molar-refractivity contribution in [2.45, 2.75) is 103 Å². The molecule has 4 N–H and O–H groups in total. The Kier molecular flexibility index (Phi) is 27.1. The van der Waals surface area contributed by atoms with E-state index in [1.807, 2.05) is 194 Å². The van der Waals surface area contributed by atoms with Crippen LogP contribution in [-0.2, 0) is 54.5 Å². The number of ether oxygens (including phenoxy) is 16. The first-order chi connectivity index (χ1) is 67.9. The van der Waals surface area contributed by atoms with Gasteiger partial charge in [0.1, 0.15) is 57.6 Å². The number of benzene rings is 12. The van der Waals surface area contributed by atoms with Crippen LogP contribution in [0.4, 0.5) is 0 Å². The normalized spacial score (nSPS) is 16.3.